The number of amides is 2. The SMILES string of the molecule is CN1CCC(N(C)C(=O)Nc2ccon2)CC1. The molecule has 0 aliphatic carbocycles. The zero-order valence-corrected chi connectivity index (χ0v) is 10.2. The van der Waals surface area contributed by atoms with Gasteiger partial charge in [-0.25, -0.2) is 4.79 Å². The maximum Gasteiger partial charge on any atom is 0.323 e. The van der Waals surface area contributed by atoms with Crippen molar-refractivity contribution in [2.24, 2.45) is 0 Å². The second kappa shape index (κ2) is 5.18. The van der Waals surface area contributed by atoms with Crippen molar-refractivity contribution in [3.8, 4) is 0 Å². The predicted octanol–water partition coefficient (Wildman–Crippen LogP) is 1.23. The number of carbonyl (C=O) groups excluding carboxylic acids is 1. The van der Waals surface area contributed by atoms with E-state index in [1.54, 1.807) is 11.0 Å². The summed E-state index contributed by atoms with van der Waals surface area (Å²) in [7, 11) is 3.93. The van der Waals surface area contributed by atoms with Crippen molar-refractivity contribution in [3.05, 3.63) is 12.3 Å². The van der Waals surface area contributed by atoms with Crippen LogP contribution in [0.5, 0.6) is 0 Å². The fourth-order valence-electron chi connectivity index (χ4n) is 2.02. The lowest BCUT2D eigenvalue weighted by molar-refractivity contribution is 0.156. The van der Waals surface area contributed by atoms with E-state index in [1.807, 2.05) is 7.05 Å². The number of piperidine rings is 1. The highest BCUT2D eigenvalue weighted by Gasteiger charge is 2.24. The minimum Gasteiger partial charge on any atom is -0.363 e. The molecule has 0 radical (unpaired) electrons. The van der Waals surface area contributed by atoms with Gasteiger partial charge in [-0.15, -0.1) is 0 Å². The van der Waals surface area contributed by atoms with Gasteiger partial charge in [0.2, 0.25) is 0 Å². The maximum absolute atomic E-state index is 11.9. The first kappa shape index (κ1) is 11.9. The van der Waals surface area contributed by atoms with Gasteiger partial charge in [0.25, 0.3) is 0 Å². The smallest absolute Gasteiger partial charge is 0.323 e. The molecule has 0 saturated carbocycles. The van der Waals surface area contributed by atoms with Gasteiger partial charge in [0.15, 0.2) is 5.82 Å². The van der Waals surface area contributed by atoms with Crippen LogP contribution in [0.1, 0.15) is 12.8 Å². The first-order chi connectivity index (χ1) is 8.16. The lowest BCUT2D eigenvalue weighted by Gasteiger charge is -2.34. The van der Waals surface area contributed by atoms with Gasteiger partial charge in [0, 0.05) is 19.2 Å². The second-order valence-electron chi connectivity index (χ2n) is 4.46. The molecule has 94 valence electrons. The van der Waals surface area contributed by atoms with Gasteiger partial charge in [-0.05, 0) is 33.0 Å². The summed E-state index contributed by atoms with van der Waals surface area (Å²) in [6.07, 6.45) is 3.46. The molecule has 1 aliphatic heterocycles. The van der Waals surface area contributed by atoms with Crippen LogP contribution in [0, 0.1) is 0 Å². The molecule has 0 bridgehead atoms. The van der Waals surface area contributed by atoms with Crippen LogP contribution in [0.25, 0.3) is 0 Å². The fourth-order valence-corrected chi connectivity index (χ4v) is 2.02. The van der Waals surface area contributed by atoms with Gasteiger partial charge in [0.1, 0.15) is 6.26 Å². The summed E-state index contributed by atoms with van der Waals surface area (Å²) in [5.41, 5.74) is 0. The number of rotatable bonds is 2. The molecule has 1 aromatic rings. The zero-order valence-electron chi connectivity index (χ0n) is 10.2. The number of hydrogen-bond acceptors (Lipinski definition) is 4. The van der Waals surface area contributed by atoms with E-state index in [0.717, 1.165) is 25.9 Å². The van der Waals surface area contributed by atoms with Crippen molar-refractivity contribution in [2.75, 3.05) is 32.5 Å². The van der Waals surface area contributed by atoms with Crippen molar-refractivity contribution >= 4 is 11.8 Å². The minimum absolute atomic E-state index is 0.131. The highest BCUT2D eigenvalue weighted by Crippen LogP contribution is 2.15. The Morgan fingerprint density at radius 1 is 1.59 bits per heavy atom. The molecule has 1 saturated heterocycles. The van der Waals surface area contributed by atoms with Crippen LogP contribution in [0.2, 0.25) is 0 Å². The number of nitrogens with zero attached hydrogens (tertiary/aromatic N) is 3. The Kier molecular flexibility index (Phi) is 3.63. The van der Waals surface area contributed by atoms with Crippen LogP contribution < -0.4 is 5.32 Å². The molecule has 0 spiro atoms. The topological polar surface area (TPSA) is 61.6 Å². The van der Waals surface area contributed by atoms with Gasteiger partial charge < -0.3 is 14.3 Å². The molecule has 1 fully saturated rings. The lowest BCUT2D eigenvalue weighted by atomic mass is 10.0. The number of aromatic nitrogens is 1. The fraction of sp³-hybridized carbons (Fsp3) is 0.636. The van der Waals surface area contributed by atoms with Crippen LogP contribution >= 0.6 is 0 Å². The molecular weight excluding hydrogens is 220 g/mol. The van der Waals surface area contributed by atoms with E-state index in [9.17, 15) is 4.79 Å². The first-order valence-electron chi connectivity index (χ1n) is 5.79. The number of anilines is 1. The van der Waals surface area contributed by atoms with E-state index in [0.29, 0.717) is 11.9 Å². The Balaban J connectivity index is 1.86. The maximum atomic E-state index is 11.9. The molecule has 6 heteroatoms. The van der Waals surface area contributed by atoms with E-state index in [2.05, 4.69) is 26.9 Å². The van der Waals surface area contributed by atoms with Crippen molar-refractivity contribution in [1.82, 2.24) is 15.0 Å². The first-order valence-corrected chi connectivity index (χ1v) is 5.79. The second-order valence-corrected chi connectivity index (χ2v) is 4.46. The largest absolute Gasteiger partial charge is 0.363 e. The van der Waals surface area contributed by atoms with Crippen LogP contribution in [0.3, 0.4) is 0 Å². The molecule has 2 rings (SSSR count). The molecule has 0 aromatic carbocycles. The summed E-state index contributed by atoms with van der Waals surface area (Å²) in [6, 6.07) is 1.80. The number of nitrogens with one attached hydrogen (secondary N) is 1. The summed E-state index contributed by atoms with van der Waals surface area (Å²) in [5, 5.41) is 6.35. The molecule has 2 heterocycles. The van der Waals surface area contributed by atoms with Crippen molar-refractivity contribution in [3.63, 3.8) is 0 Å². The third-order valence-corrected chi connectivity index (χ3v) is 3.23. The summed E-state index contributed by atoms with van der Waals surface area (Å²) in [6.45, 7) is 2.07. The normalized spacial score (nSPS) is 18.0. The van der Waals surface area contributed by atoms with E-state index < -0.39 is 0 Å². The summed E-state index contributed by atoms with van der Waals surface area (Å²) in [5.74, 6) is 0.453. The molecule has 0 unspecified atom stereocenters. The van der Waals surface area contributed by atoms with Crippen LogP contribution in [0.4, 0.5) is 10.6 Å². The third-order valence-electron chi connectivity index (χ3n) is 3.23. The lowest BCUT2D eigenvalue weighted by Crippen LogP contribution is -2.46. The molecule has 1 aromatic heterocycles. The predicted molar refractivity (Wildman–Crippen MR) is 63.8 cm³/mol. The molecule has 2 amide bonds. The zero-order chi connectivity index (χ0) is 12.3. The van der Waals surface area contributed by atoms with Gasteiger partial charge in [-0.1, -0.05) is 5.16 Å². The van der Waals surface area contributed by atoms with Crippen LogP contribution in [-0.4, -0.2) is 54.2 Å². The molecule has 6 nitrogen and oxygen atoms in total. The van der Waals surface area contributed by atoms with E-state index >= 15 is 0 Å². The molecular formula is C11H18N4O2. The Morgan fingerprint density at radius 3 is 2.88 bits per heavy atom. The average Bonchev–Trinajstić information content (AvgIpc) is 2.82. The Hall–Kier alpha value is -1.56. The monoisotopic (exact) mass is 238 g/mol. The Bertz CT molecular complexity index is 358. The van der Waals surface area contributed by atoms with Crippen molar-refractivity contribution < 1.29 is 9.32 Å². The molecule has 17 heavy (non-hydrogen) atoms. The van der Waals surface area contributed by atoms with Gasteiger partial charge >= 0.3 is 6.03 Å². The van der Waals surface area contributed by atoms with Gasteiger partial charge in [-0.2, -0.15) is 0 Å². The summed E-state index contributed by atoms with van der Waals surface area (Å²) < 4.78 is 4.66. The summed E-state index contributed by atoms with van der Waals surface area (Å²) >= 11 is 0. The highest BCUT2D eigenvalue weighted by molar-refractivity contribution is 5.88. The average molecular weight is 238 g/mol. The van der Waals surface area contributed by atoms with E-state index in [4.69, 9.17) is 0 Å². The number of carbonyl (C=O) groups is 1. The van der Waals surface area contributed by atoms with E-state index in [1.165, 1.54) is 6.26 Å². The van der Waals surface area contributed by atoms with Crippen LogP contribution in [0.15, 0.2) is 16.9 Å². The Morgan fingerprint density at radius 2 is 2.29 bits per heavy atom. The van der Waals surface area contributed by atoms with Gasteiger partial charge in [0.05, 0.1) is 0 Å². The standard InChI is InChI=1S/C11H18N4O2/c1-14-6-3-9(4-7-14)15(2)11(16)12-10-5-8-17-13-10/h5,8-9H,3-4,6-7H2,1-2H3,(H,12,13,16). The number of urea groups is 1. The number of hydrogen-bond donors (Lipinski definition) is 1. The number of likely N-dealkylation sites (tertiary alicyclic amines) is 1. The highest BCUT2D eigenvalue weighted by atomic mass is 16.5. The quantitative estimate of drug-likeness (QED) is 0.842. The third kappa shape index (κ3) is 2.97. The minimum atomic E-state index is -0.131. The molecule has 1 aliphatic rings. The van der Waals surface area contributed by atoms with Crippen LogP contribution in [-0.2, 0) is 0 Å². The Labute approximate surface area is 101 Å². The van der Waals surface area contributed by atoms with Crippen molar-refractivity contribution in [2.45, 2.75) is 18.9 Å². The molecule has 0 atom stereocenters. The molecule has 1 N–H and O–H groups in total. The summed E-state index contributed by atoms with van der Waals surface area (Å²) in [4.78, 5) is 15.9. The van der Waals surface area contributed by atoms with E-state index in [-0.39, 0.29) is 6.03 Å². The van der Waals surface area contributed by atoms with Crippen molar-refractivity contribution in [1.29, 1.82) is 0 Å². The van der Waals surface area contributed by atoms with Gasteiger partial charge in [-0.3, -0.25) is 5.32 Å².